The van der Waals surface area contributed by atoms with Crippen LogP contribution in [0.4, 0.5) is 0 Å². The van der Waals surface area contributed by atoms with E-state index >= 15 is 0 Å². The van der Waals surface area contributed by atoms with Crippen LogP contribution in [-0.2, 0) is 14.9 Å². The van der Waals surface area contributed by atoms with Crippen LogP contribution in [0.15, 0.2) is 5.38 Å². The summed E-state index contributed by atoms with van der Waals surface area (Å²) in [6, 6.07) is 0. The van der Waals surface area contributed by atoms with Crippen molar-refractivity contribution in [2.45, 2.75) is 51.4 Å². The molecule has 0 spiro atoms. The molecule has 1 aromatic heterocycles. The second-order valence-electron chi connectivity index (χ2n) is 6.72. The third kappa shape index (κ3) is 4.27. The van der Waals surface area contributed by atoms with E-state index in [4.69, 9.17) is 9.72 Å². The number of amides is 1. The van der Waals surface area contributed by atoms with Crippen LogP contribution in [0, 0.1) is 0 Å². The molecule has 2 heterocycles. The molecule has 0 N–H and O–H groups in total. The zero-order chi connectivity index (χ0) is 15.5. The molecule has 0 radical (unpaired) electrons. The molecule has 0 unspecified atom stereocenters. The van der Waals surface area contributed by atoms with Gasteiger partial charge in [0.2, 0.25) is 5.91 Å². The fraction of sp³-hybridized carbons (Fsp3) is 0.750. The maximum absolute atomic E-state index is 12.0. The van der Waals surface area contributed by atoms with Crippen LogP contribution in [0.25, 0.3) is 0 Å². The molecule has 0 aliphatic carbocycles. The van der Waals surface area contributed by atoms with Crippen molar-refractivity contribution in [3.05, 3.63) is 16.1 Å². The van der Waals surface area contributed by atoms with Gasteiger partial charge in [0.1, 0.15) is 0 Å². The summed E-state index contributed by atoms with van der Waals surface area (Å²) in [5, 5.41) is 3.43. The van der Waals surface area contributed by atoms with E-state index in [1.165, 1.54) is 10.7 Å². The van der Waals surface area contributed by atoms with Gasteiger partial charge in [-0.2, -0.15) is 0 Å². The molecule has 2 rings (SSSR count). The Bertz CT molecular complexity index is 471. The number of piperidine rings is 1. The van der Waals surface area contributed by atoms with Crippen molar-refractivity contribution in [2.75, 3.05) is 26.8 Å². The van der Waals surface area contributed by atoms with Gasteiger partial charge in [0.15, 0.2) is 0 Å². The normalized spacial score (nSPS) is 17.2. The first-order valence-electron chi connectivity index (χ1n) is 7.64. The van der Waals surface area contributed by atoms with Gasteiger partial charge in [-0.25, -0.2) is 4.98 Å². The number of ether oxygens (including phenoxy) is 1. The third-order valence-corrected chi connectivity index (χ3v) is 5.01. The Hall–Kier alpha value is -0.940. The Kier molecular flexibility index (Phi) is 5.38. The first-order valence-corrected chi connectivity index (χ1v) is 8.52. The molecule has 21 heavy (non-hydrogen) atoms. The number of hydrogen-bond donors (Lipinski definition) is 0. The summed E-state index contributed by atoms with van der Waals surface area (Å²) in [7, 11) is 1.63. The van der Waals surface area contributed by atoms with Crippen molar-refractivity contribution in [2.24, 2.45) is 0 Å². The molecule has 4 nitrogen and oxygen atoms in total. The predicted octanol–water partition coefficient (Wildman–Crippen LogP) is 3.18. The van der Waals surface area contributed by atoms with Crippen molar-refractivity contribution < 1.29 is 9.53 Å². The van der Waals surface area contributed by atoms with Crippen molar-refractivity contribution in [3.8, 4) is 0 Å². The molecular formula is C16H26N2O2S. The number of rotatable bonds is 4. The molecule has 5 heteroatoms. The molecule has 118 valence electrons. The number of methoxy groups -OCH3 is 1. The van der Waals surface area contributed by atoms with Gasteiger partial charge in [0, 0.05) is 36.9 Å². The summed E-state index contributed by atoms with van der Waals surface area (Å²) in [6.45, 7) is 8.80. The molecule has 1 aromatic rings. The summed E-state index contributed by atoms with van der Waals surface area (Å²) in [5.41, 5.74) is 1.30. The van der Waals surface area contributed by atoms with E-state index in [1.54, 1.807) is 18.4 Å². The molecule has 1 aliphatic rings. The average Bonchev–Trinajstić information content (AvgIpc) is 2.95. The summed E-state index contributed by atoms with van der Waals surface area (Å²) in [6.07, 6.45) is 2.54. The standard InChI is InChI=1S/C16H26N2O2S/c1-16(2,3)13-11-21-15(17-13)12-5-8-18(9-6-12)14(19)7-10-20-4/h11-12H,5-10H2,1-4H3. The van der Waals surface area contributed by atoms with Gasteiger partial charge in [-0.15, -0.1) is 11.3 Å². The Morgan fingerprint density at radius 2 is 2.10 bits per heavy atom. The highest BCUT2D eigenvalue weighted by molar-refractivity contribution is 7.09. The van der Waals surface area contributed by atoms with Crippen LogP contribution >= 0.6 is 11.3 Å². The maximum atomic E-state index is 12.0. The predicted molar refractivity (Wildman–Crippen MR) is 85.9 cm³/mol. The topological polar surface area (TPSA) is 42.4 Å². The fourth-order valence-electron chi connectivity index (χ4n) is 2.54. The zero-order valence-corrected chi connectivity index (χ0v) is 14.3. The van der Waals surface area contributed by atoms with Crippen LogP contribution in [0.2, 0.25) is 0 Å². The monoisotopic (exact) mass is 310 g/mol. The SMILES string of the molecule is COCCC(=O)N1CCC(c2nc(C(C)(C)C)cs2)CC1. The number of carbonyl (C=O) groups excluding carboxylic acids is 1. The number of carbonyl (C=O) groups is 1. The molecule has 0 aromatic carbocycles. The van der Waals surface area contributed by atoms with E-state index < -0.39 is 0 Å². The molecule has 0 saturated carbocycles. The van der Waals surface area contributed by atoms with Crippen LogP contribution in [-0.4, -0.2) is 42.6 Å². The lowest BCUT2D eigenvalue weighted by Crippen LogP contribution is -2.38. The Morgan fingerprint density at radius 1 is 1.43 bits per heavy atom. The molecule has 0 atom stereocenters. The largest absolute Gasteiger partial charge is 0.384 e. The number of aromatic nitrogens is 1. The number of hydrogen-bond acceptors (Lipinski definition) is 4. The van der Waals surface area contributed by atoms with Crippen LogP contribution in [0.5, 0.6) is 0 Å². The summed E-state index contributed by atoms with van der Waals surface area (Å²) in [4.78, 5) is 18.8. The van der Waals surface area contributed by atoms with Gasteiger partial charge < -0.3 is 9.64 Å². The van der Waals surface area contributed by atoms with Gasteiger partial charge in [-0.1, -0.05) is 20.8 Å². The van der Waals surface area contributed by atoms with Crippen LogP contribution in [0.3, 0.4) is 0 Å². The molecule has 1 amide bonds. The summed E-state index contributed by atoms with van der Waals surface area (Å²) >= 11 is 1.77. The van der Waals surface area contributed by atoms with Gasteiger partial charge in [0.25, 0.3) is 0 Å². The van der Waals surface area contributed by atoms with Crippen molar-refractivity contribution in [1.29, 1.82) is 0 Å². The minimum Gasteiger partial charge on any atom is -0.384 e. The molecular weight excluding hydrogens is 284 g/mol. The Labute approximate surface area is 131 Å². The average molecular weight is 310 g/mol. The van der Waals surface area contributed by atoms with E-state index in [1.807, 2.05) is 4.90 Å². The molecule has 1 saturated heterocycles. The summed E-state index contributed by atoms with van der Waals surface area (Å²) < 4.78 is 4.97. The maximum Gasteiger partial charge on any atom is 0.224 e. The zero-order valence-electron chi connectivity index (χ0n) is 13.5. The minimum atomic E-state index is 0.117. The third-order valence-electron chi connectivity index (χ3n) is 4.01. The molecule has 1 aliphatic heterocycles. The van der Waals surface area contributed by atoms with E-state index in [-0.39, 0.29) is 11.3 Å². The van der Waals surface area contributed by atoms with Gasteiger partial charge in [-0.3, -0.25) is 4.79 Å². The number of nitrogens with zero attached hydrogens (tertiary/aromatic N) is 2. The summed E-state index contributed by atoms with van der Waals surface area (Å²) in [5.74, 6) is 0.724. The van der Waals surface area contributed by atoms with E-state index in [2.05, 4.69) is 26.2 Å². The minimum absolute atomic E-state index is 0.117. The van der Waals surface area contributed by atoms with E-state index in [0.717, 1.165) is 25.9 Å². The number of likely N-dealkylation sites (tertiary alicyclic amines) is 1. The smallest absolute Gasteiger partial charge is 0.224 e. The lowest BCUT2D eigenvalue weighted by Gasteiger charge is -2.31. The molecule has 1 fully saturated rings. The van der Waals surface area contributed by atoms with Gasteiger partial charge >= 0.3 is 0 Å². The van der Waals surface area contributed by atoms with Crippen LogP contribution < -0.4 is 0 Å². The lowest BCUT2D eigenvalue weighted by atomic mass is 9.93. The quantitative estimate of drug-likeness (QED) is 0.858. The highest BCUT2D eigenvalue weighted by Gasteiger charge is 2.26. The van der Waals surface area contributed by atoms with Crippen molar-refractivity contribution in [3.63, 3.8) is 0 Å². The number of thiazole rings is 1. The highest BCUT2D eigenvalue weighted by atomic mass is 32.1. The van der Waals surface area contributed by atoms with E-state index in [9.17, 15) is 4.79 Å². The fourth-order valence-corrected chi connectivity index (χ4v) is 3.76. The lowest BCUT2D eigenvalue weighted by molar-refractivity contribution is -0.133. The Balaban J connectivity index is 1.89. The van der Waals surface area contributed by atoms with Crippen molar-refractivity contribution in [1.82, 2.24) is 9.88 Å². The second kappa shape index (κ2) is 6.88. The molecule has 0 bridgehead atoms. The van der Waals surface area contributed by atoms with Gasteiger partial charge in [0.05, 0.1) is 23.7 Å². The van der Waals surface area contributed by atoms with Gasteiger partial charge in [-0.05, 0) is 12.8 Å². The van der Waals surface area contributed by atoms with Crippen molar-refractivity contribution >= 4 is 17.2 Å². The second-order valence-corrected chi connectivity index (χ2v) is 7.61. The highest BCUT2D eigenvalue weighted by Crippen LogP contribution is 2.33. The first kappa shape index (κ1) is 16.4. The van der Waals surface area contributed by atoms with Crippen LogP contribution in [0.1, 0.15) is 56.7 Å². The first-order chi connectivity index (χ1) is 9.91. The Morgan fingerprint density at radius 3 is 2.62 bits per heavy atom. The van der Waals surface area contributed by atoms with E-state index in [0.29, 0.717) is 18.9 Å².